The summed E-state index contributed by atoms with van der Waals surface area (Å²) in [4.78, 5) is 37.0. The number of carbonyl (C=O) groups is 3. The van der Waals surface area contributed by atoms with Crippen LogP contribution in [0.1, 0.15) is 81.5 Å². The Kier molecular flexibility index (Phi) is 12.1. The van der Waals surface area contributed by atoms with E-state index in [2.05, 4.69) is 40.0 Å². The first-order valence-electron chi connectivity index (χ1n) is 13.4. The molecule has 0 spiro atoms. The lowest BCUT2D eigenvalue weighted by Crippen LogP contribution is -2.25. The van der Waals surface area contributed by atoms with Crippen molar-refractivity contribution in [1.82, 2.24) is 0 Å². The summed E-state index contributed by atoms with van der Waals surface area (Å²) in [5.74, 6) is 0.612. The fourth-order valence-corrected chi connectivity index (χ4v) is 7.72. The normalized spacial score (nSPS) is 21.6. The van der Waals surface area contributed by atoms with Crippen LogP contribution >= 0.6 is 58.5 Å². The van der Waals surface area contributed by atoms with Gasteiger partial charge in [0, 0.05) is 65.0 Å². The number of hydrogen-bond acceptors (Lipinski definition) is 6. The van der Waals surface area contributed by atoms with Crippen LogP contribution in [0, 0.1) is 0 Å². The summed E-state index contributed by atoms with van der Waals surface area (Å²) >= 11 is 16.9. The van der Waals surface area contributed by atoms with Crippen LogP contribution in [-0.2, 0) is 4.79 Å². The van der Waals surface area contributed by atoms with Crippen molar-refractivity contribution in [2.75, 3.05) is 0 Å². The Morgan fingerprint density at radius 1 is 0.805 bits per heavy atom. The van der Waals surface area contributed by atoms with Gasteiger partial charge in [0.15, 0.2) is 17.3 Å². The molecule has 5 rings (SSSR count). The number of allylic oxidation sites excluding steroid dienone is 5. The van der Waals surface area contributed by atoms with Crippen molar-refractivity contribution in [2.45, 2.75) is 85.3 Å². The maximum atomic E-state index is 11.8. The van der Waals surface area contributed by atoms with Crippen molar-refractivity contribution in [3.8, 4) is 0 Å². The van der Waals surface area contributed by atoms with Gasteiger partial charge in [-0.05, 0) is 82.5 Å². The number of thioether (sulfide) groups is 3. The molecule has 0 fully saturated rings. The number of carbonyl (C=O) groups excluding carboxylic acids is 3. The minimum absolute atomic E-state index is 0.00297. The molecule has 1 unspecified atom stereocenters. The van der Waals surface area contributed by atoms with Gasteiger partial charge in [0.05, 0.1) is 0 Å². The third kappa shape index (κ3) is 10.8. The summed E-state index contributed by atoms with van der Waals surface area (Å²) in [5, 5.41) is 3.72. The fraction of sp³-hybridized carbons (Fsp3) is 0.364. The molecule has 0 radical (unpaired) electrons. The van der Waals surface area contributed by atoms with E-state index >= 15 is 0 Å². The maximum absolute atomic E-state index is 11.8. The van der Waals surface area contributed by atoms with Gasteiger partial charge in [-0.15, -0.1) is 35.3 Å². The van der Waals surface area contributed by atoms with Gasteiger partial charge >= 0.3 is 0 Å². The Morgan fingerprint density at radius 3 is 2.07 bits per heavy atom. The molecule has 1 atom stereocenters. The fourth-order valence-electron chi connectivity index (χ4n) is 4.29. The number of hydrogen-bond donors (Lipinski definition) is 0. The zero-order chi connectivity index (χ0) is 30.4. The molecule has 41 heavy (non-hydrogen) atoms. The molecule has 0 N–H and O–H groups in total. The van der Waals surface area contributed by atoms with Gasteiger partial charge in [-0.1, -0.05) is 53.9 Å². The molecule has 0 bridgehead atoms. The van der Waals surface area contributed by atoms with Gasteiger partial charge in [0.2, 0.25) is 0 Å². The molecule has 0 saturated heterocycles. The van der Waals surface area contributed by atoms with Crippen LogP contribution in [0.25, 0.3) is 0 Å². The molecule has 218 valence electrons. The Balaban J connectivity index is 0.000000169. The Labute approximate surface area is 267 Å². The average Bonchev–Trinajstić information content (AvgIpc) is 2.86. The second kappa shape index (κ2) is 14.7. The minimum Gasteiger partial charge on any atom is -0.295 e. The van der Waals surface area contributed by atoms with Crippen LogP contribution in [0.5, 0.6) is 0 Å². The van der Waals surface area contributed by atoms with Crippen molar-refractivity contribution in [3.63, 3.8) is 0 Å². The Bertz CT molecular complexity index is 1410. The largest absolute Gasteiger partial charge is 0.295 e. The number of halogens is 2. The van der Waals surface area contributed by atoms with Crippen molar-refractivity contribution in [2.24, 2.45) is 0 Å². The molecule has 0 aliphatic carbocycles. The molecule has 3 aliphatic heterocycles. The highest BCUT2D eigenvalue weighted by atomic mass is 35.5. The second-order valence-electron chi connectivity index (χ2n) is 11.4. The Hall–Kier alpha value is -1.70. The molecule has 0 amide bonds. The maximum Gasteiger partial charge on any atom is 0.165 e. The zero-order valence-corrected chi connectivity index (χ0v) is 28.2. The zero-order valence-electron chi connectivity index (χ0n) is 24.3. The van der Waals surface area contributed by atoms with E-state index in [1.807, 2.05) is 49.4 Å². The van der Waals surface area contributed by atoms with Crippen LogP contribution in [-0.4, -0.2) is 32.1 Å². The third-order valence-electron chi connectivity index (χ3n) is 6.21. The predicted molar refractivity (Wildman–Crippen MR) is 179 cm³/mol. The summed E-state index contributed by atoms with van der Waals surface area (Å²) in [6.07, 6.45) is 9.39. The van der Waals surface area contributed by atoms with E-state index in [1.165, 1.54) is 0 Å². The first-order valence-corrected chi connectivity index (χ1v) is 16.7. The highest BCUT2D eigenvalue weighted by Gasteiger charge is 2.31. The van der Waals surface area contributed by atoms with Gasteiger partial charge in [-0.3, -0.25) is 14.4 Å². The number of Topliss-reactive ketones (excluding diaryl/α,β-unsaturated/α-hetero) is 2. The molecule has 3 aliphatic rings. The molecule has 8 heteroatoms. The SMILES string of the molecule is CC1(C)CC(=O)c2cc(Cl)ccc2S1.CC1=C/C=C/SC(C)(C)CC(=O)C=C1.CC1CC(=O)c2cc(Cl)ccc2S1. The molecule has 2 aromatic rings. The Morgan fingerprint density at radius 2 is 1.41 bits per heavy atom. The lowest BCUT2D eigenvalue weighted by Gasteiger charge is -2.29. The average molecular weight is 648 g/mol. The minimum atomic E-state index is -0.00297. The third-order valence-corrected chi connectivity index (χ3v) is 10.2. The summed E-state index contributed by atoms with van der Waals surface area (Å²) in [6.45, 7) is 12.4. The van der Waals surface area contributed by atoms with Crippen molar-refractivity contribution in [3.05, 3.63) is 92.9 Å². The molecule has 3 heterocycles. The molecular weight excluding hydrogens is 611 g/mol. The molecule has 0 aromatic heterocycles. The van der Waals surface area contributed by atoms with E-state index in [4.69, 9.17) is 23.2 Å². The number of fused-ring (bicyclic) bond motifs is 2. The van der Waals surface area contributed by atoms with Gasteiger partial charge in [0.25, 0.3) is 0 Å². The van der Waals surface area contributed by atoms with Gasteiger partial charge in [0.1, 0.15) is 0 Å². The predicted octanol–water partition coefficient (Wildman–Crippen LogP) is 10.7. The van der Waals surface area contributed by atoms with Crippen LogP contribution in [0.2, 0.25) is 10.0 Å². The topological polar surface area (TPSA) is 51.2 Å². The quantitative estimate of drug-likeness (QED) is 0.284. The molecule has 2 aromatic carbocycles. The highest BCUT2D eigenvalue weighted by Crippen LogP contribution is 2.43. The lowest BCUT2D eigenvalue weighted by molar-refractivity contribution is -0.114. The van der Waals surface area contributed by atoms with E-state index in [1.54, 1.807) is 53.5 Å². The smallest absolute Gasteiger partial charge is 0.165 e. The van der Waals surface area contributed by atoms with Gasteiger partial charge < -0.3 is 0 Å². The monoisotopic (exact) mass is 646 g/mol. The first-order chi connectivity index (χ1) is 19.1. The number of ketones is 3. The number of benzene rings is 2. The highest BCUT2D eigenvalue weighted by molar-refractivity contribution is 8.03. The molecular formula is C33H36Cl2O3S3. The van der Waals surface area contributed by atoms with Crippen molar-refractivity contribution in [1.29, 1.82) is 0 Å². The van der Waals surface area contributed by atoms with Crippen LogP contribution in [0.15, 0.2) is 81.5 Å². The summed E-state index contributed by atoms with van der Waals surface area (Å²) in [7, 11) is 0. The van der Waals surface area contributed by atoms with E-state index in [0.717, 1.165) is 26.5 Å². The van der Waals surface area contributed by atoms with E-state index in [0.29, 0.717) is 34.6 Å². The van der Waals surface area contributed by atoms with Gasteiger partial charge in [-0.25, -0.2) is 0 Å². The van der Waals surface area contributed by atoms with Crippen LogP contribution in [0.4, 0.5) is 0 Å². The van der Waals surface area contributed by atoms with Crippen LogP contribution in [0.3, 0.4) is 0 Å². The summed E-state index contributed by atoms with van der Waals surface area (Å²) < 4.78 is 0.00885. The van der Waals surface area contributed by atoms with Crippen LogP contribution < -0.4 is 0 Å². The van der Waals surface area contributed by atoms with E-state index in [9.17, 15) is 14.4 Å². The first kappa shape index (κ1) is 33.8. The summed E-state index contributed by atoms with van der Waals surface area (Å²) in [6, 6.07) is 11.1. The standard InChI is InChI=1S/C12H16OS.C11H11ClOS.C10H9ClOS/c1-10-5-4-8-14-12(2,3)9-11(13)7-6-10;1-11(2)6-9(13)8-5-7(12)3-4-10(8)14-11;1-6-4-9(12)8-5-7(11)2-3-10(8)13-6/h4-8H,9H2,1-3H3;3-5H,6H2,1-2H3;2-3,5-6H,4H2,1H3/b7-6?,8-4+,10-5?;;. The van der Waals surface area contributed by atoms with E-state index < -0.39 is 0 Å². The molecule has 3 nitrogen and oxygen atoms in total. The van der Waals surface area contributed by atoms with Crippen molar-refractivity contribution >= 4 is 75.8 Å². The van der Waals surface area contributed by atoms with E-state index in [-0.39, 0.29) is 26.8 Å². The van der Waals surface area contributed by atoms with Gasteiger partial charge in [-0.2, -0.15) is 0 Å². The number of rotatable bonds is 0. The summed E-state index contributed by atoms with van der Waals surface area (Å²) in [5.41, 5.74) is 2.67. The lowest BCUT2D eigenvalue weighted by atomic mass is 9.99. The second-order valence-corrected chi connectivity index (χ2v) is 17.1. The molecule has 0 saturated carbocycles. The van der Waals surface area contributed by atoms with Crippen molar-refractivity contribution < 1.29 is 14.4 Å².